The molecule has 26 heavy (non-hydrogen) atoms. The summed E-state index contributed by atoms with van der Waals surface area (Å²) in [6, 6.07) is 12.9. The summed E-state index contributed by atoms with van der Waals surface area (Å²) in [7, 11) is -1.68. The molecule has 1 heterocycles. The van der Waals surface area contributed by atoms with E-state index in [-0.39, 0.29) is 22.0 Å². The zero-order valence-electron chi connectivity index (χ0n) is 14.2. The molecule has 6 nitrogen and oxygen atoms in total. The summed E-state index contributed by atoms with van der Waals surface area (Å²) in [6.45, 7) is 0. The molecule has 0 unspecified atom stereocenters. The SMILES string of the molecule is Cn1c(SCC(=O)c2ccc(S(C)(=O)=O)cc2)nc2ccccc2c1=O. The average molecular weight is 388 g/mol. The number of ketones is 1. The smallest absolute Gasteiger partial charge is 0.261 e. The van der Waals surface area contributed by atoms with Gasteiger partial charge in [0.25, 0.3) is 5.56 Å². The summed E-state index contributed by atoms with van der Waals surface area (Å²) in [4.78, 5) is 29.3. The van der Waals surface area contributed by atoms with Crippen LogP contribution < -0.4 is 5.56 Å². The Labute approximate surface area is 154 Å². The molecule has 2 aromatic carbocycles. The van der Waals surface area contributed by atoms with E-state index < -0.39 is 9.84 Å². The Hall–Kier alpha value is -2.45. The zero-order valence-corrected chi connectivity index (χ0v) is 15.8. The number of Topliss-reactive ketones (excluding diaryl/α,β-unsaturated/α-hetero) is 1. The number of aromatic nitrogens is 2. The van der Waals surface area contributed by atoms with Crippen molar-refractivity contribution in [1.29, 1.82) is 0 Å². The fourth-order valence-corrected chi connectivity index (χ4v) is 3.92. The molecule has 0 amide bonds. The number of carbonyl (C=O) groups is 1. The lowest BCUT2D eigenvalue weighted by Gasteiger charge is -2.08. The number of rotatable bonds is 5. The summed E-state index contributed by atoms with van der Waals surface area (Å²) in [5.41, 5.74) is 0.835. The van der Waals surface area contributed by atoms with Crippen LogP contribution in [0.2, 0.25) is 0 Å². The molecule has 0 spiro atoms. The van der Waals surface area contributed by atoms with Crippen molar-refractivity contribution in [2.24, 2.45) is 7.05 Å². The van der Waals surface area contributed by atoms with Crippen LogP contribution in [-0.2, 0) is 16.9 Å². The third kappa shape index (κ3) is 3.71. The molecule has 0 saturated heterocycles. The van der Waals surface area contributed by atoms with Crippen molar-refractivity contribution >= 4 is 38.3 Å². The first kappa shape index (κ1) is 18.3. The molecule has 0 saturated carbocycles. The highest BCUT2D eigenvalue weighted by molar-refractivity contribution is 7.99. The average Bonchev–Trinajstić information content (AvgIpc) is 2.62. The minimum absolute atomic E-state index is 0.0941. The van der Waals surface area contributed by atoms with Crippen LogP contribution in [0.5, 0.6) is 0 Å². The van der Waals surface area contributed by atoms with Crippen LogP contribution in [0, 0.1) is 0 Å². The van der Waals surface area contributed by atoms with Gasteiger partial charge in [-0.15, -0.1) is 0 Å². The van der Waals surface area contributed by atoms with Crippen LogP contribution >= 0.6 is 11.8 Å². The third-order valence-corrected chi connectivity index (χ3v) is 6.04. The fourth-order valence-electron chi connectivity index (χ4n) is 2.43. The number of para-hydroxylation sites is 1. The van der Waals surface area contributed by atoms with Crippen LogP contribution in [0.25, 0.3) is 10.9 Å². The third-order valence-electron chi connectivity index (χ3n) is 3.88. The summed E-state index contributed by atoms with van der Waals surface area (Å²) in [5.74, 6) is -0.0749. The molecule has 0 atom stereocenters. The van der Waals surface area contributed by atoms with Crippen LogP contribution in [-0.4, -0.2) is 35.8 Å². The van der Waals surface area contributed by atoms with Gasteiger partial charge in [-0.3, -0.25) is 14.2 Å². The summed E-state index contributed by atoms with van der Waals surface area (Å²) in [5, 5.41) is 0.983. The minimum Gasteiger partial charge on any atom is -0.293 e. The Morgan fingerprint density at radius 2 is 1.77 bits per heavy atom. The fraction of sp³-hybridized carbons (Fsp3) is 0.167. The van der Waals surface area contributed by atoms with E-state index in [1.54, 1.807) is 31.3 Å². The minimum atomic E-state index is -3.30. The lowest BCUT2D eigenvalue weighted by atomic mass is 10.1. The van der Waals surface area contributed by atoms with Gasteiger partial charge in [-0.25, -0.2) is 13.4 Å². The topological polar surface area (TPSA) is 86.1 Å². The van der Waals surface area contributed by atoms with E-state index in [2.05, 4.69) is 4.98 Å². The molecule has 0 fully saturated rings. The summed E-state index contributed by atoms with van der Waals surface area (Å²) in [6.07, 6.45) is 1.12. The van der Waals surface area contributed by atoms with Gasteiger partial charge in [0.2, 0.25) is 0 Å². The van der Waals surface area contributed by atoms with Crippen LogP contribution in [0.3, 0.4) is 0 Å². The number of hydrogen-bond acceptors (Lipinski definition) is 6. The van der Waals surface area contributed by atoms with Gasteiger partial charge in [0.15, 0.2) is 20.8 Å². The van der Waals surface area contributed by atoms with Crippen molar-refractivity contribution in [1.82, 2.24) is 9.55 Å². The lowest BCUT2D eigenvalue weighted by molar-refractivity contribution is 0.102. The maximum absolute atomic E-state index is 12.4. The van der Waals surface area contributed by atoms with E-state index >= 15 is 0 Å². The van der Waals surface area contributed by atoms with Crippen LogP contribution in [0.15, 0.2) is 63.4 Å². The van der Waals surface area contributed by atoms with E-state index in [0.717, 1.165) is 6.26 Å². The molecule has 3 aromatic rings. The van der Waals surface area contributed by atoms with E-state index in [4.69, 9.17) is 0 Å². The Bertz CT molecular complexity index is 1150. The monoisotopic (exact) mass is 388 g/mol. The second-order valence-electron chi connectivity index (χ2n) is 5.78. The number of carbonyl (C=O) groups excluding carboxylic acids is 1. The van der Waals surface area contributed by atoms with Crippen LogP contribution in [0.1, 0.15) is 10.4 Å². The number of benzene rings is 2. The quantitative estimate of drug-likeness (QED) is 0.379. The second kappa shape index (κ2) is 7.05. The molecule has 0 aliphatic carbocycles. The number of nitrogens with zero attached hydrogens (tertiary/aromatic N) is 2. The first-order valence-corrected chi connectivity index (χ1v) is 10.6. The van der Waals surface area contributed by atoms with Crippen molar-refractivity contribution in [2.45, 2.75) is 10.1 Å². The summed E-state index contributed by atoms with van der Waals surface area (Å²) < 4.78 is 24.4. The highest BCUT2D eigenvalue weighted by atomic mass is 32.2. The van der Waals surface area contributed by atoms with Gasteiger partial charge < -0.3 is 0 Å². The van der Waals surface area contributed by atoms with Gasteiger partial charge in [0, 0.05) is 18.9 Å². The Morgan fingerprint density at radius 1 is 1.12 bits per heavy atom. The van der Waals surface area contributed by atoms with E-state index in [0.29, 0.717) is 21.6 Å². The maximum Gasteiger partial charge on any atom is 0.261 e. The van der Waals surface area contributed by atoms with Crippen molar-refractivity contribution < 1.29 is 13.2 Å². The molecular formula is C18H16N2O4S2. The Balaban J connectivity index is 1.81. The number of fused-ring (bicyclic) bond motifs is 1. The molecular weight excluding hydrogens is 372 g/mol. The Morgan fingerprint density at radius 3 is 2.42 bits per heavy atom. The van der Waals surface area contributed by atoms with Gasteiger partial charge in [-0.1, -0.05) is 36.0 Å². The largest absolute Gasteiger partial charge is 0.293 e. The van der Waals surface area contributed by atoms with Crippen molar-refractivity contribution in [3.05, 3.63) is 64.4 Å². The highest BCUT2D eigenvalue weighted by Gasteiger charge is 2.13. The molecule has 0 N–H and O–H groups in total. The van der Waals surface area contributed by atoms with Crippen molar-refractivity contribution in [3.63, 3.8) is 0 Å². The predicted molar refractivity (Wildman–Crippen MR) is 102 cm³/mol. The number of thioether (sulfide) groups is 1. The second-order valence-corrected chi connectivity index (χ2v) is 8.74. The lowest BCUT2D eigenvalue weighted by Crippen LogP contribution is -2.20. The molecule has 0 radical (unpaired) electrons. The van der Waals surface area contributed by atoms with E-state index in [1.807, 2.05) is 0 Å². The molecule has 0 aliphatic heterocycles. The molecule has 3 rings (SSSR count). The molecule has 0 bridgehead atoms. The van der Waals surface area contributed by atoms with Gasteiger partial charge in [-0.2, -0.15) is 0 Å². The van der Waals surface area contributed by atoms with Gasteiger partial charge >= 0.3 is 0 Å². The first-order chi connectivity index (χ1) is 12.3. The number of sulfone groups is 1. The molecule has 134 valence electrons. The zero-order chi connectivity index (χ0) is 18.9. The molecule has 8 heteroatoms. The molecule has 1 aromatic heterocycles. The number of hydrogen-bond donors (Lipinski definition) is 0. The van der Waals surface area contributed by atoms with Gasteiger partial charge in [0.1, 0.15) is 0 Å². The van der Waals surface area contributed by atoms with Gasteiger partial charge in [0.05, 0.1) is 21.6 Å². The van der Waals surface area contributed by atoms with Crippen LogP contribution in [0.4, 0.5) is 0 Å². The van der Waals surface area contributed by atoms with Crippen molar-refractivity contribution in [2.75, 3.05) is 12.0 Å². The van der Waals surface area contributed by atoms with Gasteiger partial charge in [-0.05, 0) is 24.3 Å². The standard InChI is InChI=1S/C18H16N2O4S2/c1-20-17(22)14-5-3-4-6-15(14)19-18(20)25-11-16(21)12-7-9-13(10-8-12)26(2,23)24/h3-10H,11H2,1-2H3. The normalized spacial score (nSPS) is 11.6. The molecule has 0 aliphatic rings. The van der Waals surface area contributed by atoms with E-state index in [1.165, 1.54) is 40.6 Å². The highest BCUT2D eigenvalue weighted by Crippen LogP contribution is 2.19. The Kier molecular flexibility index (Phi) is 4.97. The maximum atomic E-state index is 12.4. The first-order valence-electron chi connectivity index (χ1n) is 7.69. The summed E-state index contributed by atoms with van der Waals surface area (Å²) >= 11 is 1.17. The van der Waals surface area contributed by atoms with E-state index in [9.17, 15) is 18.0 Å². The van der Waals surface area contributed by atoms with Crippen molar-refractivity contribution in [3.8, 4) is 0 Å². The predicted octanol–water partition coefficient (Wildman–Crippen LogP) is 2.31.